The van der Waals surface area contributed by atoms with E-state index in [9.17, 15) is 9.90 Å². The van der Waals surface area contributed by atoms with Gasteiger partial charge >= 0.3 is 5.97 Å². The summed E-state index contributed by atoms with van der Waals surface area (Å²) in [5, 5.41) is 14.2. The number of carboxylic acid groups (broad SMARTS) is 1. The molecule has 0 amide bonds. The van der Waals surface area contributed by atoms with Gasteiger partial charge in [0.2, 0.25) is 0 Å². The number of hydrogen-bond donors (Lipinski definition) is 1. The lowest BCUT2D eigenvalue weighted by Crippen LogP contribution is -2.25. The Balaban J connectivity index is 1.65. The van der Waals surface area contributed by atoms with E-state index in [1.807, 2.05) is 13.0 Å². The summed E-state index contributed by atoms with van der Waals surface area (Å²) in [5.41, 5.74) is 4.69. The molecule has 2 aromatic heterocycles. The van der Waals surface area contributed by atoms with Crippen molar-refractivity contribution in [3.63, 3.8) is 0 Å². The monoisotopic (exact) mass is 326 g/mol. The summed E-state index contributed by atoms with van der Waals surface area (Å²) in [6.07, 6.45) is 3.92. The van der Waals surface area contributed by atoms with Crippen molar-refractivity contribution in [1.29, 1.82) is 0 Å². The normalized spacial score (nSPS) is 19.8. The van der Waals surface area contributed by atoms with Gasteiger partial charge in [-0.25, -0.2) is 9.78 Å². The second kappa shape index (κ2) is 5.61. The third-order valence-electron chi connectivity index (χ3n) is 5.11. The zero-order chi connectivity index (χ0) is 16.8. The number of aromatic nitrogens is 3. The zero-order valence-electron chi connectivity index (χ0n) is 14.1. The zero-order valence-corrected chi connectivity index (χ0v) is 14.1. The topological polar surface area (TPSA) is 71.2 Å². The van der Waals surface area contributed by atoms with E-state index in [-0.39, 0.29) is 6.04 Å². The highest BCUT2D eigenvalue weighted by atomic mass is 16.4. The largest absolute Gasteiger partial charge is 0.478 e. The van der Waals surface area contributed by atoms with Gasteiger partial charge in [0.15, 0.2) is 0 Å². The quantitative estimate of drug-likeness (QED) is 0.938. The van der Waals surface area contributed by atoms with Crippen molar-refractivity contribution in [3.8, 4) is 0 Å². The van der Waals surface area contributed by atoms with Crippen molar-refractivity contribution >= 4 is 11.8 Å². The lowest BCUT2D eigenvalue weighted by atomic mass is 10.1. The number of carboxylic acids is 1. The van der Waals surface area contributed by atoms with Crippen LogP contribution in [-0.2, 0) is 12.8 Å². The fourth-order valence-corrected chi connectivity index (χ4v) is 4.01. The van der Waals surface area contributed by atoms with Gasteiger partial charge in [-0.2, -0.15) is 5.10 Å². The van der Waals surface area contributed by atoms with Gasteiger partial charge in [-0.05, 0) is 57.2 Å². The van der Waals surface area contributed by atoms with Crippen molar-refractivity contribution in [1.82, 2.24) is 14.8 Å². The molecular weight excluding hydrogens is 304 g/mol. The minimum Gasteiger partial charge on any atom is -0.478 e. The molecule has 2 aromatic rings. The first-order valence-electron chi connectivity index (χ1n) is 8.56. The van der Waals surface area contributed by atoms with E-state index in [1.165, 1.54) is 0 Å². The van der Waals surface area contributed by atoms with E-state index in [1.54, 1.807) is 0 Å². The van der Waals surface area contributed by atoms with Crippen molar-refractivity contribution in [2.24, 2.45) is 0 Å². The minimum atomic E-state index is -0.887. The first kappa shape index (κ1) is 15.2. The lowest BCUT2D eigenvalue weighted by molar-refractivity contribution is 0.0697. The Hall–Kier alpha value is -2.37. The number of carbonyl (C=O) groups is 1. The Labute approximate surface area is 141 Å². The Kier molecular flexibility index (Phi) is 3.55. The number of anilines is 1. The number of nitrogens with zero attached hydrogens (tertiary/aromatic N) is 4. The molecule has 126 valence electrons. The van der Waals surface area contributed by atoms with Crippen LogP contribution in [0.5, 0.6) is 0 Å². The Bertz CT molecular complexity index is 812. The predicted octanol–water partition coefficient (Wildman–Crippen LogP) is 2.53. The van der Waals surface area contributed by atoms with Crippen LogP contribution in [0.2, 0.25) is 0 Å². The molecule has 1 N–H and O–H groups in total. The Morgan fingerprint density at radius 2 is 2.12 bits per heavy atom. The highest BCUT2D eigenvalue weighted by Crippen LogP contribution is 2.32. The molecule has 0 spiro atoms. The van der Waals surface area contributed by atoms with Gasteiger partial charge in [0, 0.05) is 24.5 Å². The van der Waals surface area contributed by atoms with Crippen LogP contribution in [0.3, 0.4) is 0 Å². The molecule has 1 aliphatic carbocycles. The maximum absolute atomic E-state index is 11.7. The van der Waals surface area contributed by atoms with Crippen LogP contribution in [0.25, 0.3) is 0 Å². The van der Waals surface area contributed by atoms with Crippen LogP contribution in [-0.4, -0.2) is 38.9 Å². The van der Waals surface area contributed by atoms with Crippen LogP contribution >= 0.6 is 0 Å². The number of hydrogen-bond acceptors (Lipinski definition) is 4. The van der Waals surface area contributed by atoms with Gasteiger partial charge in [0.25, 0.3) is 0 Å². The molecule has 24 heavy (non-hydrogen) atoms. The lowest BCUT2D eigenvalue weighted by Gasteiger charge is -2.21. The molecule has 0 radical (unpaired) electrons. The number of aryl methyl sites for hydroxylation is 4. The summed E-state index contributed by atoms with van der Waals surface area (Å²) in [4.78, 5) is 18.5. The molecule has 1 atom stereocenters. The average Bonchev–Trinajstić information content (AvgIpc) is 3.24. The average molecular weight is 326 g/mol. The summed E-state index contributed by atoms with van der Waals surface area (Å²) in [5.74, 6) is -0.256. The van der Waals surface area contributed by atoms with Crippen molar-refractivity contribution in [2.45, 2.75) is 45.6 Å². The van der Waals surface area contributed by atoms with E-state index in [0.717, 1.165) is 61.4 Å². The van der Waals surface area contributed by atoms with Crippen LogP contribution in [0.1, 0.15) is 51.9 Å². The molecule has 2 aliphatic rings. The molecule has 6 nitrogen and oxygen atoms in total. The standard InChI is InChI=1S/C18H22N4O2/c1-11-8-12(2)22(20-11)14-6-7-21(10-14)17-15(18(23)24)9-13-4-3-5-16(13)19-17/h8-9,14H,3-7,10H2,1-2H3,(H,23,24). The van der Waals surface area contributed by atoms with Crippen LogP contribution in [0, 0.1) is 13.8 Å². The molecule has 6 heteroatoms. The predicted molar refractivity (Wildman–Crippen MR) is 90.8 cm³/mol. The summed E-state index contributed by atoms with van der Waals surface area (Å²) < 4.78 is 2.07. The van der Waals surface area contributed by atoms with E-state index < -0.39 is 5.97 Å². The molecule has 1 unspecified atom stereocenters. The van der Waals surface area contributed by atoms with Gasteiger partial charge in [0.1, 0.15) is 11.4 Å². The SMILES string of the molecule is Cc1cc(C)n(C2CCN(c3nc4c(cc3C(=O)O)CCC4)C2)n1. The number of aromatic carboxylic acids is 1. The second-order valence-electron chi connectivity index (χ2n) is 6.88. The molecule has 0 bridgehead atoms. The summed E-state index contributed by atoms with van der Waals surface area (Å²) in [7, 11) is 0. The third-order valence-corrected chi connectivity index (χ3v) is 5.11. The fraction of sp³-hybridized carbons (Fsp3) is 0.500. The minimum absolute atomic E-state index is 0.274. The van der Waals surface area contributed by atoms with E-state index in [4.69, 9.17) is 4.98 Å². The van der Waals surface area contributed by atoms with E-state index in [2.05, 4.69) is 27.7 Å². The second-order valence-corrected chi connectivity index (χ2v) is 6.88. The fourth-order valence-electron chi connectivity index (χ4n) is 4.01. The third kappa shape index (κ3) is 2.46. The molecule has 4 rings (SSSR count). The van der Waals surface area contributed by atoms with Crippen molar-refractivity contribution in [2.75, 3.05) is 18.0 Å². The van der Waals surface area contributed by atoms with E-state index >= 15 is 0 Å². The summed E-state index contributed by atoms with van der Waals surface area (Å²) in [6.45, 7) is 5.64. The highest BCUT2D eigenvalue weighted by molar-refractivity contribution is 5.93. The number of fused-ring (bicyclic) bond motifs is 1. The van der Waals surface area contributed by atoms with Gasteiger partial charge in [-0.1, -0.05) is 0 Å². The molecule has 0 saturated carbocycles. The van der Waals surface area contributed by atoms with Gasteiger partial charge in [-0.3, -0.25) is 4.68 Å². The van der Waals surface area contributed by atoms with Crippen LogP contribution in [0.15, 0.2) is 12.1 Å². The van der Waals surface area contributed by atoms with E-state index in [0.29, 0.717) is 11.4 Å². The van der Waals surface area contributed by atoms with Crippen molar-refractivity contribution in [3.05, 3.63) is 40.3 Å². The number of rotatable bonds is 3. The molecule has 1 saturated heterocycles. The maximum atomic E-state index is 11.7. The van der Waals surface area contributed by atoms with Crippen molar-refractivity contribution < 1.29 is 9.90 Å². The first-order valence-corrected chi connectivity index (χ1v) is 8.56. The molecule has 0 aromatic carbocycles. The van der Waals surface area contributed by atoms with Crippen LogP contribution in [0.4, 0.5) is 5.82 Å². The molecule has 1 aliphatic heterocycles. The molecule has 3 heterocycles. The van der Waals surface area contributed by atoms with Gasteiger partial charge in [0.05, 0.1) is 11.7 Å². The smallest absolute Gasteiger partial charge is 0.339 e. The maximum Gasteiger partial charge on any atom is 0.339 e. The first-order chi connectivity index (χ1) is 11.5. The Morgan fingerprint density at radius 3 is 2.83 bits per heavy atom. The van der Waals surface area contributed by atoms with Gasteiger partial charge < -0.3 is 10.0 Å². The molecular formula is C18H22N4O2. The van der Waals surface area contributed by atoms with Crippen LogP contribution < -0.4 is 4.90 Å². The highest BCUT2D eigenvalue weighted by Gasteiger charge is 2.30. The number of pyridine rings is 1. The summed E-state index contributed by atoms with van der Waals surface area (Å²) in [6, 6.07) is 4.19. The Morgan fingerprint density at radius 1 is 1.29 bits per heavy atom. The summed E-state index contributed by atoms with van der Waals surface area (Å²) >= 11 is 0. The molecule has 1 fully saturated rings. The van der Waals surface area contributed by atoms with Gasteiger partial charge in [-0.15, -0.1) is 0 Å².